The SMILES string of the molecule is CCC1(CC(=O)O)C=C(C(N)=O)SC1[N+](=O)[O-]. The van der Waals surface area contributed by atoms with E-state index in [2.05, 4.69) is 0 Å². The maximum atomic E-state index is 11.0. The summed E-state index contributed by atoms with van der Waals surface area (Å²) in [6.07, 6.45) is 1.20. The van der Waals surface area contributed by atoms with Crippen molar-refractivity contribution in [3.8, 4) is 0 Å². The molecule has 0 spiro atoms. The third-order valence-electron chi connectivity index (χ3n) is 2.72. The van der Waals surface area contributed by atoms with Crippen molar-refractivity contribution >= 4 is 23.6 Å². The third-order valence-corrected chi connectivity index (χ3v) is 4.16. The molecule has 0 fully saturated rings. The van der Waals surface area contributed by atoms with Crippen molar-refractivity contribution in [2.45, 2.75) is 25.1 Å². The molecule has 17 heavy (non-hydrogen) atoms. The van der Waals surface area contributed by atoms with E-state index in [-0.39, 0.29) is 17.7 Å². The number of aliphatic carboxylic acids is 1. The van der Waals surface area contributed by atoms with Crippen LogP contribution in [0.15, 0.2) is 11.0 Å². The zero-order chi connectivity index (χ0) is 13.2. The van der Waals surface area contributed by atoms with Crippen LogP contribution in [0.2, 0.25) is 0 Å². The van der Waals surface area contributed by atoms with Crippen LogP contribution in [0, 0.1) is 15.5 Å². The Morgan fingerprint density at radius 1 is 1.71 bits per heavy atom. The number of nitrogens with two attached hydrogens (primary N) is 1. The summed E-state index contributed by atoms with van der Waals surface area (Å²) in [6, 6.07) is 0. The first-order valence-electron chi connectivity index (χ1n) is 4.87. The molecule has 7 nitrogen and oxygen atoms in total. The highest BCUT2D eigenvalue weighted by Crippen LogP contribution is 2.49. The van der Waals surface area contributed by atoms with Crippen molar-refractivity contribution in [1.82, 2.24) is 0 Å². The Morgan fingerprint density at radius 2 is 2.29 bits per heavy atom. The van der Waals surface area contributed by atoms with E-state index in [1.54, 1.807) is 6.92 Å². The molecule has 1 heterocycles. The molecule has 0 aromatic carbocycles. The number of carboxylic acids is 1. The molecule has 0 aliphatic carbocycles. The van der Waals surface area contributed by atoms with Crippen LogP contribution >= 0.6 is 11.8 Å². The number of nitro groups is 1. The average Bonchev–Trinajstić information content (AvgIpc) is 2.57. The minimum absolute atomic E-state index is 0.0646. The summed E-state index contributed by atoms with van der Waals surface area (Å²) in [5, 5.41) is 18.6. The number of hydrogen-bond acceptors (Lipinski definition) is 5. The number of thioether (sulfide) groups is 1. The standard InChI is InChI=1S/C9H12N2O5S/c1-2-9(4-6(12)13)3-5(7(10)14)17-8(9)11(15)16/h3,8H,2,4H2,1H3,(H2,10,14)(H,12,13). The number of rotatable bonds is 5. The number of carbonyl (C=O) groups is 2. The van der Waals surface area contributed by atoms with Gasteiger partial charge in [0.2, 0.25) is 0 Å². The Hall–Kier alpha value is -1.57. The summed E-state index contributed by atoms with van der Waals surface area (Å²) < 4.78 is 0. The number of carboxylic acid groups (broad SMARTS) is 1. The van der Waals surface area contributed by atoms with Gasteiger partial charge in [-0.2, -0.15) is 0 Å². The molecule has 1 rings (SSSR count). The van der Waals surface area contributed by atoms with Crippen molar-refractivity contribution in [2.24, 2.45) is 11.1 Å². The first-order valence-corrected chi connectivity index (χ1v) is 5.75. The van der Waals surface area contributed by atoms with Gasteiger partial charge in [-0.25, -0.2) is 0 Å². The smallest absolute Gasteiger partial charge is 0.304 e. The molecule has 1 aliphatic heterocycles. The van der Waals surface area contributed by atoms with Crippen molar-refractivity contribution < 1.29 is 19.6 Å². The number of amides is 1. The zero-order valence-electron chi connectivity index (χ0n) is 9.08. The molecular formula is C9H12N2O5S. The maximum Gasteiger partial charge on any atom is 0.304 e. The Morgan fingerprint density at radius 3 is 2.65 bits per heavy atom. The lowest BCUT2D eigenvalue weighted by Gasteiger charge is -2.24. The van der Waals surface area contributed by atoms with Crippen LogP contribution < -0.4 is 5.73 Å². The van der Waals surface area contributed by atoms with Crippen LogP contribution in [0.3, 0.4) is 0 Å². The van der Waals surface area contributed by atoms with E-state index in [1.165, 1.54) is 6.08 Å². The molecule has 94 valence electrons. The van der Waals surface area contributed by atoms with E-state index in [0.717, 1.165) is 11.8 Å². The van der Waals surface area contributed by atoms with Crippen LogP contribution in [-0.2, 0) is 9.59 Å². The Kier molecular flexibility index (Phi) is 3.76. The fraction of sp³-hybridized carbons (Fsp3) is 0.556. The lowest BCUT2D eigenvalue weighted by atomic mass is 9.81. The van der Waals surface area contributed by atoms with Crippen LogP contribution in [-0.4, -0.2) is 27.3 Å². The van der Waals surface area contributed by atoms with Crippen molar-refractivity contribution in [2.75, 3.05) is 0 Å². The number of primary amides is 1. The molecule has 0 aromatic heterocycles. The molecule has 1 amide bonds. The predicted molar refractivity (Wildman–Crippen MR) is 60.6 cm³/mol. The predicted octanol–water partition coefficient (Wildman–Crippen LogP) is 0.576. The van der Waals surface area contributed by atoms with Gasteiger partial charge >= 0.3 is 5.97 Å². The fourth-order valence-electron chi connectivity index (χ4n) is 1.81. The van der Waals surface area contributed by atoms with Gasteiger partial charge in [-0.3, -0.25) is 19.7 Å². The monoisotopic (exact) mass is 260 g/mol. The minimum atomic E-state index is -1.17. The Balaban J connectivity index is 3.15. The lowest BCUT2D eigenvalue weighted by Crippen LogP contribution is -2.35. The van der Waals surface area contributed by atoms with E-state index in [4.69, 9.17) is 10.8 Å². The van der Waals surface area contributed by atoms with Gasteiger partial charge in [0.05, 0.1) is 16.7 Å². The third kappa shape index (κ3) is 2.57. The summed E-state index contributed by atoms with van der Waals surface area (Å²) in [5.74, 6) is -1.90. The quantitative estimate of drug-likeness (QED) is 0.550. The van der Waals surface area contributed by atoms with Gasteiger partial charge in [0.15, 0.2) is 0 Å². The highest BCUT2D eigenvalue weighted by atomic mass is 32.2. The first kappa shape index (κ1) is 13.5. The number of nitrogens with zero attached hydrogens (tertiary/aromatic N) is 1. The second kappa shape index (κ2) is 4.74. The molecule has 0 saturated carbocycles. The molecule has 2 unspecified atom stereocenters. The van der Waals surface area contributed by atoms with Gasteiger partial charge in [0.25, 0.3) is 11.3 Å². The maximum absolute atomic E-state index is 11.0. The summed E-state index contributed by atoms with van der Waals surface area (Å²) in [7, 11) is 0. The lowest BCUT2D eigenvalue weighted by molar-refractivity contribution is -0.510. The van der Waals surface area contributed by atoms with Crippen molar-refractivity contribution in [1.29, 1.82) is 0 Å². The first-order chi connectivity index (χ1) is 7.82. The second-order valence-corrected chi connectivity index (χ2v) is 4.91. The molecule has 2 atom stereocenters. The number of hydrogen-bond donors (Lipinski definition) is 2. The van der Waals surface area contributed by atoms with Crippen molar-refractivity contribution in [3.63, 3.8) is 0 Å². The van der Waals surface area contributed by atoms with Gasteiger partial charge < -0.3 is 10.8 Å². The van der Waals surface area contributed by atoms with Crippen LogP contribution in [0.1, 0.15) is 19.8 Å². The van der Waals surface area contributed by atoms with Gasteiger partial charge in [-0.05, 0) is 18.2 Å². The van der Waals surface area contributed by atoms with Gasteiger partial charge in [0.1, 0.15) is 0 Å². The average molecular weight is 260 g/mol. The topological polar surface area (TPSA) is 124 Å². The minimum Gasteiger partial charge on any atom is -0.481 e. The van der Waals surface area contributed by atoms with E-state index in [9.17, 15) is 19.7 Å². The summed E-state index contributed by atoms with van der Waals surface area (Å²) >= 11 is 0.725. The van der Waals surface area contributed by atoms with Crippen LogP contribution in [0.4, 0.5) is 0 Å². The molecule has 3 N–H and O–H groups in total. The molecule has 0 radical (unpaired) electrons. The van der Waals surface area contributed by atoms with Gasteiger partial charge in [-0.15, -0.1) is 0 Å². The molecule has 8 heteroatoms. The molecule has 1 aliphatic rings. The fourth-order valence-corrected chi connectivity index (χ4v) is 3.11. The summed E-state index contributed by atoms with van der Waals surface area (Å²) in [4.78, 5) is 32.2. The summed E-state index contributed by atoms with van der Waals surface area (Å²) in [5.41, 5.74) is 3.92. The molecule has 0 aromatic rings. The highest BCUT2D eigenvalue weighted by Gasteiger charge is 2.52. The van der Waals surface area contributed by atoms with E-state index >= 15 is 0 Å². The highest BCUT2D eigenvalue weighted by molar-refractivity contribution is 8.04. The molecule has 0 saturated heterocycles. The molecular weight excluding hydrogens is 248 g/mol. The zero-order valence-corrected chi connectivity index (χ0v) is 9.90. The Bertz CT molecular complexity index is 408. The van der Waals surface area contributed by atoms with E-state index in [0.29, 0.717) is 0 Å². The van der Waals surface area contributed by atoms with E-state index in [1.807, 2.05) is 0 Å². The second-order valence-electron chi connectivity index (χ2n) is 3.79. The largest absolute Gasteiger partial charge is 0.481 e. The Labute approximate surface area is 101 Å². The van der Waals surface area contributed by atoms with Gasteiger partial charge in [-0.1, -0.05) is 13.0 Å². The van der Waals surface area contributed by atoms with E-state index < -0.39 is 27.6 Å². The number of carbonyl (C=O) groups excluding carboxylic acids is 1. The van der Waals surface area contributed by atoms with Gasteiger partial charge in [0, 0.05) is 4.92 Å². The van der Waals surface area contributed by atoms with Crippen LogP contribution in [0.25, 0.3) is 0 Å². The summed E-state index contributed by atoms with van der Waals surface area (Å²) in [6.45, 7) is 1.65. The van der Waals surface area contributed by atoms with Crippen molar-refractivity contribution in [3.05, 3.63) is 21.1 Å². The molecule has 0 bridgehead atoms. The van der Waals surface area contributed by atoms with Crippen LogP contribution in [0.5, 0.6) is 0 Å². The normalized spacial score (nSPS) is 27.6.